The van der Waals surface area contributed by atoms with Gasteiger partial charge >= 0.3 is 6.09 Å². The molecule has 0 spiro atoms. The number of aryl methyl sites for hydroxylation is 1. The Morgan fingerprint density at radius 1 is 1.33 bits per heavy atom. The first-order valence-corrected chi connectivity index (χ1v) is 7.45. The number of hydrogen-bond acceptors (Lipinski definition) is 3. The van der Waals surface area contributed by atoms with Gasteiger partial charge in [0.2, 0.25) is 0 Å². The molecule has 4 heteroatoms. The average molecular weight is 286 g/mol. The van der Waals surface area contributed by atoms with Crippen molar-refractivity contribution in [1.82, 2.24) is 9.80 Å². The molecule has 0 radical (unpaired) electrons. The summed E-state index contributed by atoms with van der Waals surface area (Å²) in [6.07, 6.45) is 5.80. The standard InChI is InChI=1S/C17H22N2O2/c1-13-8-9-14-6-4-5-7-15(14)17(13,2)19-11-10-18(12-19)16(20)21-3/h4-7,10-11,13H,8-9,12H2,1-3H3. The van der Waals surface area contributed by atoms with E-state index < -0.39 is 0 Å². The zero-order valence-electron chi connectivity index (χ0n) is 12.9. The van der Waals surface area contributed by atoms with Gasteiger partial charge in [0.15, 0.2) is 0 Å². The fourth-order valence-electron chi connectivity index (χ4n) is 3.55. The van der Waals surface area contributed by atoms with Crippen LogP contribution in [0.1, 0.15) is 31.4 Å². The Kier molecular flexibility index (Phi) is 3.40. The highest BCUT2D eigenvalue weighted by Crippen LogP contribution is 2.44. The number of fused-ring (bicyclic) bond motifs is 1. The van der Waals surface area contributed by atoms with Gasteiger partial charge in [0.1, 0.15) is 6.67 Å². The van der Waals surface area contributed by atoms with E-state index in [9.17, 15) is 4.79 Å². The lowest BCUT2D eigenvalue weighted by Crippen LogP contribution is -2.49. The minimum Gasteiger partial charge on any atom is -0.452 e. The minimum absolute atomic E-state index is 0.0892. The van der Waals surface area contributed by atoms with Gasteiger partial charge in [0, 0.05) is 12.4 Å². The van der Waals surface area contributed by atoms with Crippen LogP contribution >= 0.6 is 0 Å². The number of carbonyl (C=O) groups is 1. The largest absolute Gasteiger partial charge is 0.452 e. The van der Waals surface area contributed by atoms with Gasteiger partial charge in [0.25, 0.3) is 0 Å². The minimum atomic E-state index is -0.311. The summed E-state index contributed by atoms with van der Waals surface area (Å²) in [6, 6.07) is 8.65. The Labute approximate surface area is 126 Å². The highest BCUT2D eigenvalue weighted by atomic mass is 16.5. The van der Waals surface area contributed by atoms with Crippen LogP contribution in [0.4, 0.5) is 4.79 Å². The van der Waals surface area contributed by atoms with Gasteiger partial charge in [-0.05, 0) is 36.8 Å². The summed E-state index contributed by atoms with van der Waals surface area (Å²) >= 11 is 0. The number of rotatable bonds is 1. The smallest absolute Gasteiger partial charge is 0.415 e. The molecular weight excluding hydrogens is 264 g/mol. The maximum atomic E-state index is 11.7. The monoisotopic (exact) mass is 286 g/mol. The Morgan fingerprint density at radius 2 is 2.10 bits per heavy atom. The van der Waals surface area contributed by atoms with E-state index in [0.29, 0.717) is 12.6 Å². The van der Waals surface area contributed by atoms with Crippen LogP contribution in [-0.2, 0) is 16.7 Å². The summed E-state index contributed by atoms with van der Waals surface area (Å²) < 4.78 is 4.81. The lowest BCUT2D eigenvalue weighted by atomic mass is 9.70. The number of hydrogen-bond donors (Lipinski definition) is 0. The third-order valence-electron chi connectivity index (χ3n) is 5.11. The van der Waals surface area contributed by atoms with Gasteiger partial charge in [-0.15, -0.1) is 0 Å². The number of benzene rings is 1. The molecule has 0 saturated carbocycles. The van der Waals surface area contributed by atoms with Crippen LogP contribution in [0.15, 0.2) is 36.7 Å². The van der Waals surface area contributed by atoms with Crippen molar-refractivity contribution < 1.29 is 9.53 Å². The molecule has 21 heavy (non-hydrogen) atoms. The second kappa shape index (κ2) is 5.10. The lowest BCUT2D eigenvalue weighted by molar-refractivity contribution is 0.0598. The van der Waals surface area contributed by atoms with Gasteiger partial charge in [0.05, 0.1) is 12.6 Å². The number of methoxy groups -OCH3 is 1. The molecule has 1 aliphatic carbocycles. The number of nitrogens with zero attached hydrogens (tertiary/aromatic N) is 2. The molecule has 112 valence electrons. The first-order valence-electron chi connectivity index (χ1n) is 7.45. The normalized spacial score (nSPS) is 27.7. The van der Waals surface area contributed by atoms with E-state index in [1.807, 2.05) is 6.20 Å². The third kappa shape index (κ3) is 2.09. The summed E-state index contributed by atoms with van der Waals surface area (Å²) in [4.78, 5) is 15.6. The molecular formula is C17H22N2O2. The molecule has 2 aliphatic rings. The molecule has 1 amide bonds. The predicted molar refractivity (Wildman–Crippen MR) is 81.4 cm³/mol. The van der Waals surface area contributed by atoms with Crippen molar-refractivity contribution in [1.29, 1.82) is 0 Å². The highest BCUT2D eigenvalue weighted by molar-refractivity contribution is 5.69. The molecule has 2 unspecified atom stereocenters. The van der Waals surface area contributed by atoms with Gasteiger partial charge < -0.3 is 9.64 Å². The van der Waals surface area contributed by atoms with Crippen LogP contribution in [0, 0.1) is 5.92 Å². The molecule has 1 aromatic carbocycles. The second-order valence-corrected chi connectivity index (χ2v) is 6.09. The van der Waals surface area contributed by atoms with Crippen LogP contribution in [-0.4, -0.2) is 29.7 Å². The van der Waals surface area contributed by atoms with E-state index in [1.165, 1.54) is 18.2 Å². The summed E-state index contributed by atoms with van der Waals surface area (Å²) in [7, 11) is 1.42. The van der Waals surface area contributed by atoms with E-state index in [1.54, 1.807) is 11.1 Å². The van der Waals surface area contributed by atoms with Crippen LogP contribution in [0.3, 0.4) is 0 Å². The Balaban J connectivity index is 1.94. The van der Waals surface area contributed by atoms with Crippen molar-refractivity contribution in [2.24, 2.45) is 5.92 Å². The average Bonchev–Trinajstić information content (AvgIpc) is 3.01. The Morgan fingerprint density at radius 3 is 2.86 bits per heavy atom. The molecule has 1 heterocycles. The van der Waals surface area contributed by atoms with Gasteiger partial charge in [-0.3, -0.25) is 4.90 Å². The van der Waals surface area contributed by atoms with Crippen LogP contribution < -0.4 is 0 Å². The summed E-state index contributed by atoms with van der Waals surface area (Å²) in [5.41, 5.74) is 2.71. The quantitative estimate of drug-likeness (QED) is 0.794. The fraction of sp³-hybridized carbons (Fsp3) is 0.471. The van der Waals surface area contributed by atoms with E-state index in [-0.39, 0.29) is 11.6 Å². The van der Waals surface area contributed by atoms with Gasteiger partial charge in [-0.2, -0.15) is 0 Å². The highest BCUT2D eigenvalue weighted by Gasteiger charge is 2.43. The Bertz CT molecular complexity index is 584. The SMILES string of the molecule is COC(=O)N1C=CN(C2(C)c3ccccc3CCC2C)C1. The number of amides is 1. The molecule has 0 N–H and O–H groups in total. The van der Waals surface area contributed by atoms with Crippen molar-refractivity contribution in [3.63, 3.8) is 0 Å². The van der Waals surface area contributed by atoms with Crippen molar-refractivity contribution in [3.8, 4) is 0 Å². The maximum absolute atomic E-state index is 11.7. The van der Waals surface area contributed by atoms with E-state index in [0.717, 1.165) is 12.8 Å². The molecule has 0 saturated heterocycles. The van der Waals surface area contributed by atoms with E-state index in [4.69, 9.17) is 4.74 Å². The molecule has 0 fully saturated rings. The number of ether oxygens (including phenoxy) is 1. The van der Waals surface area contributed by atoms with Crippen LogP contribution in [0.5, 0.6) is 0 Å². The van der Waals surface area contributed by atoms with Crippen molar-refractivity contribution in [2.45, 2.75) is 32.2 Å². The predicted octanol–water partition coefficient (Wildman–Crippen LogP) is 3.30. The molecule has 4 nitrogen and oxygen atoms in total. The van der Waals surface area contributed by atoms with Crippen molar-refractivity contribution in [3.05, 3.63) is 47.8 Å². The topological polar surface area (TPSA) is 32.8 Å². The van der Waals surface area contributed by atoms with Crippen molar-refractivity contribution >= 4 is 6.09 Å². The molecule has 3 rings (SSSR count). The molecule has 1 aliphatic heterocycles. The zero-order valence-corrected chi connectivity index (χ0v) is 12.9. The maximum Gasteiger partial charge on any atom is 0.415 e. The molecule has 1 aromatic rings. The summed E-state index contributed by atoms with van der Waals surface area (Å²) in [5.74, 6) is 0.523. The van der Waals surface area contributed by atoms with E-state index >= 15 is 0 Å². The molecule has 0 aromatic heterocycles. The zero-order chi connectivity index (χ0) is 15.0. The third-order valence-corrected chi connectivity index (χ3v) is 5.11. The molecule has 0 bridgehead atoms. The summed E-state index contributed by atoms with van der Waals surface area (Å²) in [5, 5.41) is 0. The van der Waals surface area contributed by atoms with Crippen molar-refractivity contribution in [2.75, 3.05) is 13.8 Å². The van der Waals surface area contributed by atoms with Gasteiger partial charge in [-0.1, -0.05) is 31.2 Å². The Hall–Kier alpha value is -1.97. The number of carbonyl (C=O) groups excluding carboxylic acids is 1. The van der Waals surface area contributed by atoms with E-state index in [2.05, 4.69) is 43.0 Å². The first-order chi connectivity index (χ1) is 10.1. The lowest BCUT2D eigenvalue weighted by Gasteiger charge is -2.48. The summed E-state index contributed by atoms with van der Waals surface area (Å²) in [6.45, 7) is 5.12. The second-order valence-electron chi connectivity index (χ2n) is 6.09. The van der Waals surface area contributed by atoms with Crippen LogP contribution in [0.2, 0.25) is 0 Å². The fourth-order valence-corrected chi connectivity index (χ4v) is 3.55. The molecule has 2 atom stereocenters. The first kappa shape index (κ1) is 14.0. The van der Waals surface area contributed by atoms with Gasteiger partial charge in [-0.25, -0.2) is 4.79 Å². The van der Waals surface area contributed by atoms with Crippen LogP contribution in [0.25, 0.3) is 0 Å².